The van der Waals surface area contributed by atoms with Crippen molar-refractivity contribution in [2.45, 2.75) is 25.8 Å². The van der Waals surface area contributed by atoms with Gasteiger partial charge in [-0.25, -0.2) is 9.37 Å². The molecule has 0 aliphatic carbocycles. The summed E-state index contributed by atoms with van der Waals surface area (Å²) >= 11 is 1.66. The van der Waals surface area contributed by atoms with Crippen molar-refractivity contribution in [3.8, 4) is 0 Å². The van der Waals surface area contributed by atoms with Crippen LogP contribution in [0, 0.1) is 5.82 Å². The highest BCUT2D eigenvalue weighted by atomic mass is 32.1. The summed E-state index contributed by atoms with van der Waals surface area (Å²) in [6.07, 6.45) is 3.75. The fraction of sp³-hybridized carbons (Fsp3) is 0.357. The number of nitrogens with one attached hydrogen (secondary N) is 1. The highest BCUT2D eigenvalue weighted by Gasteiger charge is 2.12. The van der Waals surface area contributed by atoms with Gasteiger partial charge in [-0.3, -0.25) is 0 Å². The molecule has 4 heteroatoms. The van der Waals surface area contributed by atoms with E-state index in [0.717, 1.165) is 30.0 Å². The van der Waals surface area contributed by atoms with Crippen molar-refractivity contribution >= 4 is 11.3 Å². The smallest absolute Gasteiger partial charge is 0.123 e. The van der Waals surface area contributed by atoms with E-state index in [4.69, 9.17) is 0 Å². The fourth-order valence-corrected chi connectivity index (χ4v) is 2.51. The Morgan fingerprint density at radius 3 is 2.72 bits per heavy atom. The molecule has 0 saturated carbocycles. The third-order valence-electron chi connectivity index (χ3n) is 2.78. The zero-order valence-electron chi connectivity index (χ0n) is 10.4. The molecule has 2 aromatic rings. The van der Waals surface area contributed by atoms with E-state index in [1.165, 1.54) is 12.1 Å². The minimum atomic E-state index is -0.192. The first-order valence-electron chi connectivity index (χ1n) is 6.17. The molecule has 0 amide bonds. The van der Waals surface area contributed by atoms with Gasteiger partial charge in [-0.05, 0) is 30.7 Å². The number of aromatic nitrogens is 1. The number of nitrogens with zero attached hydrogens (tertiary/aromatic N) is 1. The van der Waals surface area contributed by atoms with Crippen molar-refractivity contribution in [1.29, 1.82) is 0 Å². The Morgan fingerprint density at radius 1 is 1.33 bits per heavy atom. The zero-order chi connectivity index (χ0) is 12.8. The van der Waals surface area contributed by atoms with Crippen molar-refractivity contribution in [3.05, 3.63) is 52.2 Å². The fourth-order valence-electron chi connectivity index (χ4n) is 1.85. The maximum atomic E-state index is 12.9. The molecule has 1 unspecified atom stereocenters. The van der Waals surface area contributed by atoms with Crippen LogP contribution in [0.1, 0.15) is 30.0 Å². The summed E-state index contributed by atoms with van der Waals surface area (Å²) in [6, 6.07) is 6.92. The molecule has 1 atom stereocenters. The van der Waals surface area contributed by atoms with Gasteiger partial charge in [-0.1, -0.05) is 19.1 Å². The molecule has 0 aliphatic rings. The predicted molar refractivity (Wildman–Crippen MR) is 73.3 cm³/mol. The second-order valence-corrected chi connectivity index (χ2v) is 5.17. The normalized spacial score (nSPS) is 12.6. The van der Waals surface area contributed by atoms with Crippen molar-refractivity contribution in [2.75, 3.05) is 6.54 Å². The Hall–Kier alpha value is -1.26. The molecule has 1 heterocycles. The standard InChI is InChI=1S/C14H17FN2S/c1-2-7-16-13(10-14-17-8-9-18-14)11-3-5-12(15)6-4-11/h3-6,8-9,13,16H,2,7,10H2,1H3. The van der Waals surface area contributed by atoms with Gasteiger partial charge >= 0.3 is 0 Å². The van der Waals surface area contributed by atoms with Crippen LogP contribution in [0.15, 0.2) is 35.8 Å². The van der Waals surface area contributed by atoms with Crippen molar-refractivity contribution in [1.82, 2.24) is 10.3 Å². The van der Waals surface area contributed by atoms with E-state index in [2.05, 4.69) is 17.2 Å². The highest BCUT2D eigenvalue weighted by Crippen LogP contribution is 2.20. The third kappa shape index (κ3) is 3.62. The first-order valence-corrected chi connectivity index (χ1v) is 7.04. The van der Waals surface area contributed by atoms with Gasteiger partial charge < -0.3 is 5.32 Å². The molecule has 0 radical (unpaired) electrons. The second kappa shape index (κ2) is 6.61. The van der Waals surface area contributed by atoms with Crippen LogP contribution in [0.4, 0.5) is 4.39 Å². The van der Waals surface area contributed by atoms with Crippen LogP contribution in [0.2, 0.25) is 0 Å². The van der Waals surface area contributed by atoms with E-state index in [1.807, 2.05) is 23.7 Å². The number of rotatable bonds is 6. The van der Waals surface area contributed by atoms with Crippen LogP contribution in [0.25, 0.3) is 0 Å². The van der Waals surface area contributed by atoms with E-state index in [-0.39, 0.29) is 11.9 Å². The molecular weight excluding hydrogens is 247 g/mol. The maximum absolute atomic E-state index is 12.9. The monoisotopic (exact) mass is 264 g/mol. The number of thiazole rings is 1. The molecule has 18 heavy (non-hydrogen) atoms. The lowest BCUT2D eigenvalue weighted by Crippen LogP contribution is -2.24. The third-order valence-corrected chi connectivity index (χ3v) is 3.58. The minimum absolute atomic E-state index is 0.192. The summed E-state index contributed by atoms with van der Waals surface area (Å²) < 4.78 is 12.9. The van der Waals surface area contributed by atoms with E-state index in [0.29, 0.717) is 0 Å². The van der Waals surface area contributed by atoms with Crippen LogP contribution in [-0.4, -0.2) is 11.5 Å². The van der Waals surface area contributed by atoms with Gasteiger partial charge in [-0.2, -0.15) is 0 Å². The van der Waals surface area contributed by atoms with Crippen LogP contribution in [-0.2, 0) is 6.42 Å². The number of hydrogen-bond acceptors (Lipinski definition) is 3. The topological polar surface area (TPSA) is 24.9 Å². The van der Waals surface area contributed by atoms with Crippen LogP contribution in [0.5, 0.6) is 0 Å². The maximum Gasteiger partial charge on any atom is 0.123 e. The van der Waals surface area contributed by atoms with Crippen molar-refractivity contribution in [3.63, 3.8) is 0 Å². The lowest BCUT2D eigenvalue weighted by Gasteiger charge is -2.17. The molecular formula is C14H17FN2S. The molecule has 2 nitrogen and oxygen atoms in total. The predicted octanol–water partition coefficient (Wildman–Crippen LogP) is 3.57. The Morgan fingerprint density at radius 2 is 2.11 bits per heavy atom. The lowest BCUT2D eigenvalue weighted by atomic mass is 10.0. The van der Waals surface area contributed by atoms with E-state index in [1.54, 1.807) is 11.3 Å². The van der Waals surface area contributed by atoms with E-state index < -0.39 is 0 Å². The molecule has 1 aromatic heterocycles. The number of hydrogen-bond donors (Lipinski definition) is 1. The van der Waals surface area contributed by atoms with Crippen molar-refractivity contribution < 1.29 is 4.39 Å². The highest BCUT2D eigenvalue weighted by molar-refractivity contribution is 7.09. The van der Waals surface area contributed by atoms with Gasteiger partial charge in [0.2, 0.25) is 0 Å². The lowest BCUT2D eigenvalue weighted by molar-refractivity contribution is 0.526. The zero-order valence-corrected chi connectivity index (χ0v) is 11.2. The molecule has 0 fully saturated rings. The largest absolute Gasteiger partial charge is 0.310 e. The summed E-state index contributed by atoms with van der Waals surface area (Å²) in [5.74, 6) is -0.192. The summed E-state index contributed by atoms with van der Waals surface area (Å²) in [6.45, 7) is 3.09. The van der Waals surface area contributed by atoms with Crippen LogP contribution in [0.3, 0.4) is 0 Å². The molecule has 0 saturated heterocycles. The Balaban J connectivity index is 2.11. The average molecular weight is 264 g/mol. The van der Waals surface area contributed by atoms with Gasteiger partial charge in [0, 0.05) is 24.0 Å². The SMILES string of the molecule is CCCNC(Cc1nccs1)c1ccc(F)cc1. The molecule has 0 bridgehead atoms. The van der Waals surface area contributed by atoms with E-state index >= 15 is 0 Å². The second-order valence-electron chi connectivity index (χ2n) is 4.19. The summed E-state index contributed by atoms with van der Waals surface area (Å²) in [5, 5.41) is 6.58. The first-order chi connectivity index (χ1) is 8.79. The Bertz CT molecular complexity index is 453. The molecule has 96 valence electrons. The minimum Gasteiger partial charge on any atom is -0.310 e. The van der Waals surface area contributed by atoms with Crippen LogP contribution < -0.4 is 5.32 Å². The molecule has 1 aromatic carbocycles. The first kappa shape index (κ1) is 13.2. The summed E-state index contributed by atoms with van der Waals surface area (Å²) in [7, 11) is 0. The van der Waals surface area contributed by atoms with Gasteiger partial charge in [0.25, 0.3) is 0 Å². The summed E-state index contributed by atoms with van der Waals surface area (Å²) in [4.78, 5) is 4.31. The Labute approximate surface area is 111 Å². The quantitative estimate of drug-likeness (QED) is 0.863. The van der Waals surface area contributed by atoms with Gasteiger partial charge in [0.15, 0.2) is 0 Å². The number of benzene rings is 1. The van der Waals surface area contributed by atoms with Gasteiger partial charge in [0.1, 0.15) is 5.82 Å². The summed E-state index contributed by atoms with van der Waals surface area (Å²) in [5.41, 5.74) is 1.11. The average Bonchev–Trinajstić information content (AvgIpc) is 2.88. The van der Waals surface area contributed by atoms with Gasteiger partial charge in [-0.15, -0.1) is 11.3 Å². The van der Waals surface area contributed by atoms with Crippen LogP contribution >= 0.6 is 11.3 Å². The molecule has 2 rings (SSSR count). The Kier molecular flexibility index (Phi) is 4.84. The molecule has 0 aliphatic heterocycles. The van der Waals surface area contributed by atoms with E-state index in [9.17, 15) is 4.39 Å². The van der Waals surface area contributed by atoms with Crippen molar-refractivity contribution in [2.24, 2.45) is 0 Å². The number of halogens is 1. The molecule has 1 N–H and O–H groups in total. The van der Waals surface area contributed by atoms with Gasteiger partial charge in [0.05, 0.1) is 5.01 Å². The molecule has 0 spiro atoms.